The van der Waals surface area contributed by atoms with Crippen LogP contribution in [-0.4, -0.2) is 29.1 Å². The first-order valence-corrected chi connectivity index (χ1v) is 7.20. The van der Waals surface area contributed by atoms with Gasteiger partial charge in [0.15, 0.2) is 0 Å². The first-order valence-electron chi connectivity index (χ1n) is 4.82. The molecule has 16 heavy (non-hydrogen) atoms. The second-order valence-electron chi connectivity index (χ2n) is 3.31. The first-order chi connectivity index (χ1) is 7.63. The van der Waals surface area contributed by atoms with Gasteiger partial charge < -0.3 is 10.8 Å². The van der Waals surface area contributed by atoms with Gasteiger partial charge in [-0.2, -0.15) is 11.8 Å². The molecule has 0 aliphatic carbocycles. The number of carboxylic acid groups (broad SMARTS) is 1. The zero-order valence-electron chi connectivity index (χ0n) is 9.05. The molecule has 5 heteroatoms. The number of hydrogen-bond donors (Lipinski definition) is 2. The fourth-order valence-corrected chi connectivity index (χ4v) is 2.45. The molecule has 0 fully saturated rings. The first kappa shape index (κ1) is 13.4. The Morgan fingerprint density at radius 2 is 2.06 bits per heavy atom. The van der Waals surface area contributed by atoms with E-state index >= 15 is 0 Å². The summed E-state index contributed by atoms with van der Waals surface area (Å²) in [5.41, 5.74) is 6.60. The summed E-state index contributed by atoms with van der Waals surface area (Å²) in [6.07, 6.45) is 2.04. The van der Waals surface area contributed by atoms with E-state index in [9.17, 15) is 4.79 Å². The maximum atomic E-state index is 10.5. The number of benzene rings is 1. The van der Waals surface area contributed by atoms with E-state index in [1.165, 1.54) is 10.5 Å². The highest BCUT2D eigenvalue weighted by molar-refractivity contribution is 7.98. The van der Waals surface area contributed by atoms with Crippen LogP contribution in [0.15, 0.2) is 29.2 Å². The predicted octanol–water partition coefficient (Wildman–Crippen LogP) is 2.05. The maximum Gasteiger partial charge on any atom is 0.321 e. The third-order valence-electron chi connectivity index (χ3n) is 2.04. The maximum absolute atomic E-state index is 10.5. The molecule has 1 aromatic carbocycles. The van der Waals surface area contributed by atoms with E-state index in [0.29, 0.717) is 5.75 Å². The van der Waals surface area contributed by atoms with Crippen LogP contribution >= 0.6 is 23.5 Å². The molecule has 0 heterocycles. The molecule has 3 N–H and O–H groups in total. The van der Waals surface area contributed by atoms with E-state index in [4.69, 9.17) is 10.8 Å². The van der Waals surface area contributed by atoms with Crippen molar-refractivity contribution >= 4 is 29.5 Å². The minimum absolute atomic E-state index is 0.444. The van der Waals surface area contributed by atoms with Gasteiger partial charge in [0.05, 0.1) is 0 Å². The molecule has 88 valence electrons. The van der Waals surface area contributed by atoms with Crippen LogP contribution in [0.5, 0.6) is 0 Å². The van der Waals surface area contributed by atoms with Gasteiger partial charge >= 0.3 is 5.97 Å². The van der Waals surface area contributed by atoms with E-state index in [1.807, 2.05) is 6.26 Å². The van der Waals surface area contributed by atoms with Crippen molar-refractivity contribution in [1.82, 2.24) is 0 Å². The molecule has 0 unspecified atom stereocenters. The Labute approximate surface area is 104 Å². The normalized spacial score (nSPS) is 12.4. The average Bonchev–Trinajstić information content (AvgIpc) is 2.29. The summed E-state index contributed by atoms with van der Waals surface area (Å²) in [6, 6.07) is 7.49. The number of rotatable bonds is 6. The van der Waals surface area contributed by atoms with Crippen molar-refractivity contribution in [3.63, 3.8) is 0 Å². The zero-order chi connectivity index (χ0) is 12.0. The van der Waals surface area contributed by atoms with Gasteiger partial charge in [0.25, 0.3) is 0 Å². The molecular weight excluding hydrogens is 242 g/mol. The van der Waals surface area contributed by atoms with Gasteiger partial charge in [-0.1, -0.05) is 12.1 Å². The third-order valence-corrected chi connectivity index (χ3v) is 3.92. The SMILES string of the molecule is CSc1ccc(CSC[C@H](N)C(=O)O)cc1. The number of carbonyl (C=O) groups is 1. The summed E-state index contributed by atoms with van der Waals surface area (Å²) in [4.78, 5) is 11.7. The molecule has 0 aliphatic rings. The monoisotopic (exact) mass is 257 g/mol. The highest BCUT2D eigenvalue weighted by atomic mass is 32.2. The lowest BCUT2D eigenvalue weighted by molar-refractivity contribution is -0.137. The Morgan fingerprint density at radius 1 is 1.44 bits per heavy atom. The fourth-order valence-electron chi connectivity index (χ4n) is 1.10. The van der Waals surface area contributed by atoms with Gasteiger partial charge in [-0.25, -0.2) is 0 Å². The molecule has 0 radical (unpaired) electrons. The van der Waals surface area contributed by atoms with E-state index in [2.05, 4.69) is 24.3 Å². The number of carboxylic acids is 1. The van der Waals surface area contributed by atoms with Crippen molar-refractivity contribution in [2.45, 2.75) is 16.7 Å². The summed E-state index contributed by atoms with van der Waals surface area (Å²) in [5.74, 6) is 0.306. The summed E-state index contributed by atoms with van der Waals surface area (Å²) in [6.45, 7) is 0. The topological polar surface area (TPSA) is 63.3 Å². The van der Waals surface area contributed by atoms with Crippen molar-refractivity contribution < 1.29 is 9.90 Å². The van der Waals surface area contributed by atoms with Crippen LogP contribution in [0.3, 0.4) is 0 Å². The van der Waals surface area contributed by atoms with E-state index in [1.54, 1.807) is 23.5 Å². The van der Waals surface area contributed by atoms with Gasteiger partial charge in [-0.3, -0.25) is 4.79 Å². The molecule has 0 spiro atoms. The van der Waals surface area contributed by atoms with Crippen LogP contribution in [0.4, 0.5) is 0 Å². The average molecular weight is 257 g/mol. The molecule has 1 aromatic rings. The van der Waals surface area contributed by atoms with Crippen LogP contribution in [-0.2, 0) is 10.5 Å². The molecular formula is C11H15NO2S2. The van der Waals surface area contributed by atoms with Gasteiger partial charge in [-0.15, -0.1) is 11.8 Å². The molecule has 0 amide bonds. The Balaban J connectivity index is 2.34. The smallest absolute Gasteiger partial charge is 0.321 e. The summed E-state index contributed by atoms with van der Waals surface area (Å²) in [7, 11) is 0. The predicted molar refractivity (Wildman–Crippen MR) is 70.0 cm³/mol. The van der Waals surface area contributed by atoms with Crippen LogP contribution in [0.2, 0.25) is 0 Å². The Morgan fingerprint density at radius 3 is 2.56 bits per heavy atom. The molecule has 1 atom stereocenters. The largest absolute Gasteiger partial charge is 0.480 e. The van der Waals surface area contributed by atoms with Crippen molar-refractivity contribution in [1.29, 1.82) is 0 Å². The number of aliphatic carboxylic acids is 1. The lowest BCUT2D eigenvalue weighted by Gasteiger charge is -2.06. The van der Waals surface area contributed by atoms with Gasteiger partial charge in [0, 0.05) is 16.4 Å². The van der Waals surface area contributed by atoms with Crippen molar-refractivity contribution in [2.75, 3.05) is 12.0 Å². The van der Waals surface area contributed by atoms with Crippen molar-refractivity contribution in [3.05, 3.63) is 29.8 Å². The Hall–Kier alpha value is -0.650. The van der Waals surface area contributed by atoms with Crippen molar-refractivity contribution in [2.24, 2.45) is 5.73 Å². The van der Waals surface area contributed by atoms with Crippen molar-refractivity contribution in [3.8, 4) is 0 Å². The third kappa shape index (κ3) is 4.47. The lowest BCUT2D eigenvalue weighted by Crippen LogP contribution is -2.32. The zero-order valence-corrected chi connectivity index (χ0v) is 10.7. The Kier molecular flexibility index (Phi) is 5.73. The number of thioether (sulfide) groups is 2. The summed E-state index contributed by atoms with van der Waals surface area (Å²) in [5, 5.41) is 8.61. The molecule has 0 aromatic heterocycles. The molecule has 0 saturated carbocycles. The van der Waals surface area contributed by atoms with E-state index < -0.39 is 12.0 Å². The minimum atomic E-state index is -0.940. The number of hydrogen-bond acceptors (Lipinski definition) is 4. The molecule has 0 bridgehead atoms. The van der Waals surface area contributed by atoms with Gasteiger partial charge in [0.1, 0.15) is 6.04 Å². The molecule has 0 saturated heterocycles. The minimum Gasteiger partial charge on any atom is -0.480 e. The Bertz CT molecular complexity index is 340. The lowest BCUT2D eigenvalue weighted by atomic mass is 10.2. The van der Waals surface area contributed by atoms with Crippen LogP contribution < -0.4 is 5.73 Å². The van der Waals surface area contributed by atoms with Gasteiger partial charge in [-0.05, 0) is 24.0 Å². The molecule has 0 aliphatic heterocycles. The van der Waals surface area contributed by atoms with Crippen LogP contribution in [0, 0.1) is 0 Å². The standard InChI is InChI=1S/C11H15NO2S2/c1-15-9-4-2-8(3-5-9)6-16-7-10(12)11(13)14/h2-5,10H,6-7,12H2,1H3,(H,13,14)/t10-/m0/s1. The van der Waals surface area contributed by atoms with E-state index in [-0.39, 0.29) is 0 Å². The van der Waals surface area contributed by atoms with Crippen LogP contribution in [0.25, 0.3) is 0 Å². The van der Waals surface area contributed by atoms with E-state index in [0.717, 1.165) is 5.75 Å². The van der Waals surface area contributed by atoms with Crippen LogP contribution in [0.1, 0.15) is 5.56 Å². The second kappa shape index (κ2) is 6.83. The summed E-state index contributed by atoms with van der Waals surface area (Å²) >= 11 is 3.25. The molecule has 3 nitrogen and oxygen atoms in total. The number of nitrogens with two attached hydrogens (primary N) is 1. The highest BCUT2D eigenvalue weighted by Gasteiger charge is 2.10. The summed E-state index contributed by atoms with van der Waals surface area (Å²) < 4.78 is 0. The highest BCUT2D eigenvalue weighted by Crippen LogP contribution is 2.18. The van der Waals surface area contributed by atoms with Gasteiger partial charge in [0.2, 0.25) is 0 Å². The molecule has 1 rings (SSSR count). The quantitative estimate of drug-likeness (QED) is 0.764. The fraction of sp³-hybridized carbons (Fsp3) is 0.364. The second-order valence-corrected chi connectivity index (χ2v) is 5.22.